The quantitative estimate of drug-likeness (QED) is 0.464. The second-order valence-electron chi connectivity index (χ2n) is 2.87. The van der Waals surface area contributed by atoms with Crippen LogP contribution in [0.4, 0.5) is 5.69 Å². The van der Waals surface area contributed by atoms with Crippen molar-refractivity contribution in [3.63, 3.8) is 0 Å². The molecule has 2 nitrogen and oxygen atoms in total. The van der Waals surface area contributed by atoms with Gasteiger partial charge in [-0.15, -0.1) is 0 Å². The van der Waals surface area contributed by atoms with Crippen LogP contribution in [0.1, 0.15) is 0 Å². The highest BCUT2D eigenvalue weighted by Gasteiger charge is 2.17. The predicted octanol–water partition coefficient (Wildman–Crippen LogP) is 1.81. The molecule has 0 heterocycles. The van der Waals surface area contributed by atoms with Gasteiger partial charge in [-0.1, -0.05) is 18.2 Å². The molecule has 0 saturated carbocycles. The van der Waals surface area contributed by atoms with Gasteiger partial charge in [-0.3, -0.25) is 0 Å². The zero-order chi connectivity index (χ0) is 8.32. The summed E-state index contributed by atoms with van der Waals surface area (Å²) in [6, 6.07) is 10.1. The average molecular weight is 152 g/mol. The molecule has 1 aromatic carbocycles. The summed E-state index contributed by atoms with van der Waals surface area (Å²) in [4.78, 5) is 5.26. The molecule has 1 aromatic rings. The summed E-state index contributed by atoms with van der Waals surface area (Å²) in [5.74, 6) is 0. The van der Waals surface area contributed by atoms with Gasteiger partial charge >= 0.3 is 0 Å². The minimum absolute atomic E-state index is 0.459. The third-order valence-corrected chi connectivity index (χ3v) is 1.83. The third-order valence-electron chi connectivity index (χ3n) is 1.83. The molecule has 0 aliphatic rings. The van der Waals surface area contributed by atoms with Crippen LogP contribution in [0, 0.1) is 0 Å². The number of para-hydroxylation sites is 1. The summed E-state index contributed by atoms with van der Waals surface area (Å²) in [5.41, 5.74) is 1.15. The summed E-state index contributed by atoms with van der Waals surface area (Å²) >= 11 is 0. The minimum Gasteiger partial charge on any atom is -0.201 e. The first-order chi connectivity index (χ1) is 5.17. The number of hydrogen-bond donors (Lipinski definition) is 0. The number of rotatable bonds is 2. The van der Waals surface area contributed by atoms with Gasteiger partial charge in [0.2, 0.25) is 0 Å². The Morgan fingerprint density at radius 3 is 2.09 bits per heavy atom. The maximum absolute atomic E-state index is 5.26. The zero-order valence-corrected chi connectivity index (χ0v) is 7.24. The zero-order valence-electron chi connectivity index (χ0n) is 7.24. The molecule has 2 heteroatoms. The van der Waals surface area contributed by atoms with E-state index in [-0.39, 0.29) is 0 Å². The van der Waals surface area contributed by atoms with E-state index in [2.05, 4.69) is 0 Å². The van der Waals surface area contributed by atoms with E-state index in [9.17, 15) is 0 Å². The molecule has 0 amide bonds. The molecule has 0 aliphatic heterocycles. The van der Waals surface area contributed by atoms with Crippen LogP contribution < -0.4 is 4.65 Å². The van der Waals surface area contributed by atoms with Crippen molar-refractivity contribution in [1.82, 2.24) is 4.65 Å². The van der Waals surface area contributed by atoms with Crippen molar-refractivity contribution >= 4 is 5.69 Å². The Kier molecular flexibility index (Phi) is 2.27. The van der Waals surface area contributed by atoms with Crippen molar-refractivity contribution < 1.29 is 4.84 Å². The van der Waals surface area contributed by atoms with Crippen molar-refractivity contribution in [1.29, 1.82) is 0 Å². The smallest absolute Gasteiger partial charge is 0.164 e. The average Bonchev–Trinajstić information content (AvgIpc) is 2.06. The Balaban J connectivity index is 2.93. The molecular weight excluding hydrogens is 138 g/mol. The van der Waals surface area contributed by atoms with Gasteiger partial charge in [-0.05, 0) is 0 Å². The SMILES string of the molecule is CO[N+](C)(C)c1ccccc1. The van der Waals surface area contributed by atoms with E-state index < -0.39 is 0 Å². The van der Waals surface area contributed by atoms with Gasteiger partial charge in [0, 0.05) is 12.1 Å². The molecule has 1 rings (SSSR count). The van der Waals surface area contributed by atoms with E-state index in [0.29, 0.717) is 4.65 Å². The Hall–Kier alpha value is -0.860. The molecule has 0 bridgehead atoms. The molecule has 11 heavy (non-hydrogen) atoms. The van der Waals surface area contributed by atoms with Crippen LogP contribution >= 0.6 is 0 Å². The number of benzene rings is 1. The van der Waals surface area contributed by atoms with Crippen LogP contribution in [0.25, 0.3) is 0 Å². The molecule has 0 radical (unpaired) electrons. The van der Waals surface area contributed by atoms with Crippen molar-refractivity contribution in [3.8, 4) is 0 Å². The van der Waals surface area contributed by atoms with E-state index >= 15 is 0 Å². The van der Waals surface area contributed by atoms with Crippen LogP contribution in [0.3, 0.4) is 0 Å². The van der Waals surface area contributed by atoms with Crippen molar-refractivity contribution in [3.05, 3.63) is 30.3 Å². The third kappa shape index (κ3) is 1.79. The standard InChI is InChI=1S/C9H14NO/c1-10(2,11-3)9-7-5-4-6-8-9/h4-8H,1-3H3/q+1. The highest BCUT2D eigenvalue weighted by Crippen LogP contribution is 2.16. The molecule has 0 fully saturated rings. The lowest BCUT2D eigenvalue weighted by Gasteiger charge is -2.23. The fourth-order valence-electron chi connectivity index (χ4n) is 0.892. The van der Waals surface area contributed by atoms with Crippen molar-refractivity contribution in [2.45, 2.75) is 0 Å². The first-order valence-corrected chi connectivity index (χ1v) is 3.62. The second kappa shape index (κ2) is 3.03. The fourth-order valence-corrected chi connectivity index (χ4v) is 0.892. The summed E-state index contributed by atoms with van der Waals surface area (Å²) in [5, 5.41) is 0. The van der Waals surface area contributed by atoms with Crippen LogP contribution in [-0.4, -0.2) is 21.2 Å². The summed E-state index contributed by atoms with van der Waals surface area (Å²) < 4.78 is 0.459. The van der Waals surface area contributed by atoms with Gasteiger partial charge in [-0.2, -0.15) is 4.65 Å². The number of nitrogens with zero attached hydrogens (tertiary/aromatic N) is 1. The summed E-state index contributed by atoms with van der Waals surface area (Å²) in [6.45, 7) is 0. The van der Waals surface area contributed by atoms with Gasteiger partial charge in [0.1, 0.15) is 14.1 Å². The molecule has 0 saturated heterocycles. The predicted molar refractivity (Wildman–Crippen MR) is 47.1 cm³/mol. The van der Waals surface area contributed by atoms with Gasteiger partial charge in [0.25, 0.3) is 0 Å². The van der Waals surface area contributed by atoms with Gasteiger partial charge < -0.3 is 0 Å². The topological polar surface area (TPSA) is 9.23 Å². The van der Waals surface area contributed by atoms with E-state index in [1.807, 2.05) is 44.4 Å². The highest BCUT2D eigenvalue weighted by molar-refractivity contribution is 5.38. The Morgan fingerprint density at radius 1 is 1.09 bits per heavy atom. The Morgan fingerprint density at radius 2 is 1.64 bits per heavy atom. The summed E-state index contributed by atoms with van der Waals surface area (Å²) in [7, 11) is 5.69. The highest BCUT2D eigenvalue weighted by atomic mass is 16.7. The second-order valence-corrected chi connectivity index (χ2v) is 2.87. The van der Waals surface area contributed by atoms with Gasteiger partial charge in [0.05, 0.1) is 7.11 Å². The van der Waals surface area contributed by atoms with Crippen molar-refractivity contribution in [2.24, 2.45) is 0 Å². The lowest BCUT2D eigenvalue weighted by molar-refractivity contribution is -0.0762. The number of hydroxylamine groups is 2. The maximum Gasteiger partial charge on any atom is 0.164 e. The molecule has 0 aliphatic carbocycles. The first-order valence-electron chi connectivity index (χ1n) is 3.62. The van der Waals surface area contributed by atoms with Crippen molar-refractivity contribution in [2.75, 3.05) is 21.2 Å². The summed E-state index contributed by atoms with van der Waals surface area (Å²) in [6.07, 6.45) is 0. The van der Waals surface area contributed by atoms with Crippen LogP contribution in [-0.2, 0) is 4.84 Å². The van der Waals surface area contributed by atoms with Crippen LogP contribution in [0.15, 0.2) is 30.3 Å². The Bertz CT molecular complexity index is 218. The Labute approximate surface area is 67.6 Å². The molecule has 0 aromatic heterocycles. The minimum atomic E-state index is 0.459. The first kappa shape index (κ1) is 8.24. The lowest BCUT2D eigenvalue weighted by atomic mass is 10.3. The van der Waals surface area contributed by atoms with Gasteiger partial charge in [0.15, 0.2) is 5.69 Å². The van der Waals surface area contributed by atoms with Crippen LogP contribution in [0.2, 0.25) is 0 Å². The lowest BCUT2D eigenvalue weighted by Crippen LogP contribution is -2.38. The molecule has 0 N–H and O–H groups in total. The maximum atomic E-state index is 5.26. The van der Waals surface area contributed by atoms with E-state index in [4.69, 9.17) is 4.84 Å². The monoisotopic (exact) mass is 152 g/mol. The van der Waals surface area contributed by atoms with E-state index in [0.717, 1.165) is 5.69 Å². The normalized spacial score (nSPS) is 11.5. The van der Waals surface area contributed by atoms with Gasteiger partial charge in [-0.25, -0.2) is 4.84 Å². The molecular formula is C9H14NO+. The number of quaternary nitrogens is 1. The number of hydrogen-bond acceptors (Lipinski definition) is 1. The van der Waals surface area contributed by atoms with E-state index in [1.54, 1.807) is 7.11 Å². The van der Waals surface area contributed by atoms with Crippen LogP contribution in [0.5, 0.6) is 0 Å². The fraction of sp³-hybridized carbons (Fsp3) is 0.333. The molecule has 60 valence electrons. The molecule has 0 unspecified atom stereocenters. The molecule has 0 atom stereocenters. The van der Waals surface area contributed by atoms with E-state index in [1.165, 1.54) is 0 Å². The molecule has 0 spiro atoms. The largest absolute Gasteiger partial charge is 0.201 e.